The van der Waals surface area contributed by atoms with Crippen LogP contribution in [0.15, 0.2) is 0 Å². The summed E-state index contributed by atoms with van der Waals surface area (Å²) in [6.07, 6.45) is 2.33. The Balaban J connectivity index is 2.00. The average molecular weight is 333 g/mol. The fourth-order valence-corrected chi connectivity index (χ4v) is 4.77. The highest BCUT2D eigenvalue weighted by Crippen LogP contribution is 2.44. The van der Waals surface area contributed by atoms with E-state index in [0.29, 0.717) is 25.4 Å². The Kier molecular flexibility index (Phi) is 5.47. The van der Waals surface area contributed by atoms with Crippen LogP contribution in [0.4, 0.5) is 0 Å². The van der Waals surface area contributed by atoms with Crippen LogP contribution in [-0.4, -0.2) is 57.2 Å². The molecule has 0 aromatic rings. The molecule has 0 saturated carbocycles. The number of alkyl halides is 1. The van der Waals surface area contributed by atoms with Crippen LogP contribution in [-0.2, 0) is 9.59 Å². The van der Waals surface area contributed by atoms with Gasteiger partial charge in [-0.3, -0.25) is 9.59 Å². The molecule has 2 aliphatic rings. The molecule has 0 aromatic carbocycles. The highest BCUT2D eigenvalue weighted by Gasteiger charge is 2.46. The number of hydrogen-bond donors (Lipinski definition) is 0. The number of piperidine rings is 1. The minimum Gasteiger partial charge on any atom is -0.341 e. The summed E-state index contributed by atoms with van der Waals surface area (Å²) >= 11 is 7.77. The normalized spacial score (nSPS) is 22.9. The van der Waals surface area contributed by atoms with Crippen LogP contribution >= 0.6 is 23.4 Å². The van der Waals surface area contributed by atoms with Crippen LogP contribution in [0.25, 0.3) is 0 Å². The Bertz CT molecular complexity index is 406. The van der Waals surface area contributed by atoms with Crippen molar-refractivity contribution in [1.29, 1.82) is 0 Å². The smallest absolute Gasteiger partial charge is 0.240 e. The molecule has 2 heterocycles. The number of carbonyl (C=O) groups is 2. The Morgan fingerprint density at radius 1 is 1.19 bits per heavy atom. The number of likely N-dealkylation sites (tertiary alicyclic amines) is 1. The maximum Gasteiger partial charge on any atom is 0.240 e. The second-order valence-corrected chi connectivity index (χ2v) is 8.49. The van der Waals surface area contributed by atoms with Crippen molar-refractivity contribution in [3.63, 3.8) is 0 Å². The number of carbonyl (C=O) groups excluding carboxylic acids is 2. The second-order valence-electron chi connectivity index (χ2n) is 6.38. The van der Waals surface area contributed by atoms with E-state index in [-0.39, 0.29) is 16.7 Å². The number of rotatable bonds is 3. The molecule has 6 heteroatoms. The highest BCUT2D eigenvalue weighted by atomic mass is 35.5. The lowest BCUT2D eigenvalue weighted by molar-refractivity contribution is -0.137. The molecule has 0 N–H and O–H groups in total. The van der Waals surface area contributed by atoms with Crippen molar-refractivity contribution >= 4 is 35.2 Å². The molecule has 0 radical (unpaired) electrons. The highest BCUT2D eigenvalue weighted by molar-refractivity contribution is 8.00. The topological polar surface area (TPSA) is 40.6 Å². The largest absolute Gasteiger partial charge is 0.341 e. The van der Waals surface area contributed by atoms with Gasteiger partial charge in [0.2, 0.25) is 11.8 Å². The molecule has 0 aliphatic carbocycles. The van der Waals surface area contributed by atoms with Gasteiger partial charge >= 0.3 is 0 Å². The van der Waals surface area contributed by atoms with E-state index < -0.39 is 5.38 Å². The third-order valence-corrected chi connectivity index (χ3v) is 6.00. The number of nitrogens with zero attached hydrogens (tertiary/aromatic N) is 2. The monoisotopic (exact) mass is 332 g/mol. The molecule has 21 heavy (non-hydrogen) atoms. The number of amides is 2. The fourth-order valence-electron chi connectivity index (χ4n) is 3.16. The average Bonchev–Trinajstić information content (AvgIpc) is 2.81. The predicted molar refractivity (Wildman–Crippen MR) is 87.5 cm³/mol. The zero-order chi connectivity index (χ0) is 15.6. The molecule has 4 nitrogen and oxygen atoms in total. The second kappa shape index (κ2) is 6.78. The summed E-state index contributed by atoms with van der Waals surface area (Å²) in [5.41, 5.74) is 0. The lowest BCUT2D eigenvalue weighted by atomic mass is 10.00. The van der Waals surface area contributed by atoms with Gasteiger partial charge < -0.3 is 9.80 Å². The van der Waals surface area contributed by atoms with Gasteiger partial charge in [0, 0.05) is 31.8 Å². The first kappa shape index (κ1) is 16.9. The van der Waals surface area contributed by atoms with Gasteiger partial charge in [0.25, 0.3) is 0 Å². The first-order valence-corrected chi connectivity index (χ1v) is 9.15. The summed E-state index contributed by atoms with van der Waals surface area (Å²) in [6, 6.07) is 0. The van der Waals surface area contributed by atoms with Crippen LogP contribution < -0.4 is 0 Å². The minimum absolute atomic E-state index is 0.00886. The predicted octanol–water partition coefficient (Wildman–Crippen LogP) is 2.55. The molecule has 2 fully saturated rings. The van der Waals surface area contributed by atoms with E-state index in [9.17, 15) is 9.59 Å². The summed E-state index contributed by atoms with van der Waals surface area (Å²) in [6.45, 7) is 8.13. The first-order chi connectivity index (χ1) is 9.85. The molecule has 2 aliphatic heterocycles. The summed E-state index contributed by atoms with van der Waals surface area (Å²) < 4.78 is 0. The van der Waals surface area contributed by atoms with Crippen LogP contribution in [0.5, 0.6) is 0 Å². The number of halogens is 1. The molecule has 0 bridgehead atoms. The van der Waals surface area contributed by atoms with Gasteiger partial charge in [-0.05, 0) is 25.7 Å². The zero-order valence-electron chi connectivity index (χ0n) is 13.1. The molecule has 0 unspecified atom stereocenters. The van der Waals surface area contributed by atoms with Crippen molar-refractivity contribution in [2.75, 3.05) is 25.4 Å². The molecule has 2 rings (SSSR count). The van der Waals surface area contributed by atoms with Crippen LogP contribution in [0.3, 0.4) is 0 Å². The Hall–Kier alpha value is -0.420. The van der Waals surface area contributed by atoms with Crippen LogP contribution in [0.1, 0.15) is 40.0 Å². The number of hydrogen-bond acceptors (Lipinski definition) is 3. The van der Waals surface area contributed by atoms with Gasteiger partial charge in [0.05, 0.1) is 4.87 Å². The van der Waals surface area contributed by atoms with E-state index in [2.05, 4.69) is 18.7 Å². The van der Waals surface area contributed by atoms with Gasteiger partial charge in [0.1, 0.15) is 5.38 Å². The zero-order valence-corrected chi connectivity index (χ0v) is 14.7. The third kappa shape index (κ3) is 3.67. The van der Waals surface area contributed by atoms with Gasteiger partial charge in [-0.2, -0.15) is 0 Å². The van der Waals surface area contributed by atoms with E-state index in [1.165, 1.54) is 0 Å². The van der Waals surface area contributed by atoms with E-state index in [4.69, 9.17) is 11.6 Å². The molecule has 120 valence electrons. The van der Waals surface area contributed by atoms with Gasteiger partial charge in [0.15, 0.2) is 0 Å². The van der Waals surface area contributed by atoms with E-state index in [1.807, 2.05) is 16.7 Å². The van der Waals surface area contributed by atoms with Gasteiger partial charge in [-0.15, -0.1) is 23.4 Å². The van der Waals surface area contributed by atoms with Crippen molar-refractivity contribution in [2.24, 2.45) is 5.92 Å². The van der Waals surface area contributed by atoms with Crippen molar-refractivity contribution in [2.45, 2.75) is 50.3 Å². The van der Waals surface area contributed by atoms with Gasteiger partial charge in [-0.25, -0.2) is 0 Å². The molecular formula is C15H25ClN2O2S. The maximum atomic E-state index is 12.5. The van der Waals surface area contributed by atoms with E-state index in [0.717, 1.165) is 25.1 Å². The molecule has 1 atom stereocenters. The SMILES string of the molecule is CC(C)CC(=O)N1CCSC12CCN(C(=O)[C@H](C)Cl)CC2. The molecule has 0 aromatic heterocycles. The Labute approximate surface area is 136 Å². The van der Waals surface area contributed by atoms with E-state index >= 15 is 0 Å². The van der Waals surface area contributed by atoms with Crippen molar-refractivity contribution in [3.05, 3.63) is 0 Å². The van der Waals surface area contributed by atoms with Gasteiger partial charge in [-0.1, -0.05) is 13.8 Å². The fraction of sp³-hybridized carbons (Fsp3) is 0.867. The maximum absolute atomic E-state index is 12.5. The first-order valence-electron chi connectivity index (χ1n) is 7.73. The summed E-state index contributed by atoms with van der Waals surface area (Å²) in [7, 11) is 0. The summed E-state index contributed by atoms with van der Waals surface area (Å²) in [5.74, 6) is 1.66. The Morgan fingerprint density at radius 3 is 2.33 bits per heavy atom. The molecule has 1 spiro atoms. The standard InChI is InChI=1S/C15H25ClN2O2S/c1-11(2)10-13(19)18-8-9-21-15(18)4-6-17(7-5-15)14(20)12(3)16/h11-12H,4-10H2,1-3H3/t12-/m0/s1. The van der Waals surface area contributed by atoms with Crippen molar-refractivity contribution < 1.29 is 9.59 Å². The van der Waals surface area contributed by atoms with Crippen molar-refractivity contribution in [1.82, 2.24) is 9.80 Å². The van der Waals surface area contributed by atoms with Crippen LogP contribution in [0, 0.1) is 5.92 Å². The lowest BCUT2D eigenvalue weighted by Gasteiger charge is -2.44. The lowest BCUT2D eigenvalue weighted by Crippen LogP contribution is -2.54. The summed E-state index contributed by atoms with van der Waals surface area (Å²) in [4.78, 5) is 28.3. The third-order valence-electron chi connectivity index (χ3n) is 4.26. The molecule has 2 saturated heterocycles. The molecule has 2 amide bonds. The number of thioether (sulfide) groups is 1. The minimum atomic E-state index is -0.464. The molecular weight excluding hydrogens is 308 g/mol. The van der Waals surface area contributed by atoms with E-state index in [1.54, 1.807) is 6.92 Å². The summed E-state index contributed by atoms with van der Waals surface area (Å²) in [5, 5.41) is -0.464. The van der Waals surface area contributed by atoms with Crippen molar-refractivity contribution in [3.8, 4) is 0 Å². The quantitative estimate of drug-likeness (QED) is 0.746. The Morgan fingerprint density at radius 2 is 1.81 bits per heavy atom. The van der Waals surface area contributed by atoms with Crippen LogP contribution in [0.2, 0.25) is 0 Å².